The van der Waals surface area contributed by atoms with Crippen LogP contribution in [-0.2, 0) is 0 Å². The Morgan fingerprint density at radius 2 is 2.07 bits per heavy atom. The maximum absolute atomic E-state index is 10.4. The van der Waals surface area contributed by atoms with Gasteiger partial charge in [0.1, 0.15) is 0 Å². The van der Waals surface area contributed by atoms with Crippen molar-refractivity contribution in [1.82, 2.24) is 5.43 Å². The van der Waals surface area contributed by atoms with Gasteiger partial charge in [0.15, 0.2) is 5.03 Å². The summed E-state index contributed by atoms with van der Waals surface area (Å²) in [6, 6.07) is 7.94. The molecule has 0 radical (unpaired) electrons. The van der Waals surface area contributed by atoms with Crippen molar-refractivity contribution in [3.8, 4) is 0 Å². The minimum atomic E-state index is -0.941. The van der Waals surface area contributed by atoms with Gasteiger partial charge >= 0.3 is 0 Å². The number of nitrogens with zero attached hydrogens (tertiary/aromatic N) is 3. The van der Waals surface area contributed by atoms with Crippen LogP contribution in [0.25, 0.3) is 0 Å². The minimum Gasteiger partial charge on any atom is -0.263 e. The summed E-state index contributed by atoms with van der Waals surface area (Å²) < 4.78 is 0. The number of rotatable bonds is 3. The van der Waals surface area contributed by atoms with Crippen molar-refractivity contribution in [2.24, 2.45) is 5.29 Å². The van der Waals surface area contributed by atoms with E-state index in [0.29, 0.717) is 5.01 Å². The number of nitrogens with one attached hydrogen (secondary N) is 2. The summed E-state index contributed by atoms with van der Waals surface area (Å²) in [5.41, 5.74) is 1.80. The van der Waals surface area contributed by atoms with Gasteiger partial charge in [-0.2, -0.15) is 5.01 Å². The van der Waals surface area contributed by atoms with E-state index in [9.17, 15) is 15.0 Å². The van der Waals surface area contributed by atoms with Crippen molar-refractivity contribution in [2.45, 2.75) is 0 Å². The Hall–Kier alpha value is -2.51. The van der Waals surface area contributed by atoms with Gasteiger partial charge in [0.2, 0.25) is 0 Å². The van der Waals surface area contributed by atoms with Crippen LogP contribution in [0.5, 0.6) is 0 Å². The summed E-state index contributed by atoms with van der Waals surface area (Å²) in [4.78, 5) is 20.4. The molecule has 0 aliphatic carbocycles. The molecule has 78 valence electrons. The van der Waals surface area contributed by atoms with Gasteiger partial charge in [0.25, 0.3) is 5.96 Å². The number of hydrogen-bond acceptors (Lipinski definition) is 5. The third kappa shape index (κ3) is 2.72. The summed E-state index contributed by atoms with van der Waals surface area (Å²) in [5, 5.41) is 19.4. The zero-order chi connectivity index (χ0) is 11.3. The number of anilines is 1. The Morgan fingerprint density at radius 3 is 2.53 bits per heavy atom. The van der Waals surface area contributed by atoms with E-state index < -0.39 is 11.0 Å². The zero-order valence-corrected chi connectivity index (χ0v) is 7.45. The molecule has 0 aliphatic rings. The lowest BCUT2D eigenvalue weighted by atomic mass is 10.3. The molecular weight excluding hydrogens is 202 g/mol. The Labute approximate surface area is 84.1 Å². The van der Waals surface area contributed by atoms with Crippen LogP contribution < -0.4 is 10.4 Å². The summed E-state index contributed by atoms with van der Waals surface area (Å²) in [6.07, 6.45) is 0. The van der Waals surface area contributed by atoms with Crippen LogP contribution in [0.2, 0.25) is 0 Å². The first-order valence-electron chi connectivity index (χ1n) is 3.83. The molecule has 8 heteroatoms. The fourth-order valence-electron chi connectivity index (χ4n) is 0.920. The van der Waals surface area contributed by atoms with Gasteiger partial charge in [-0.05, 0) is 12.1 Å². The van der Waals surface area contributed by atoms with Crippen LogP contribution in [0.4, 0.5) is 5.69 Å². The van der Waals surface area contributed by atoms with E-state index in [1.165, 1.54) is 17.6 Å². The van der Waals surface area contributed by atoms with Gasteiger partial charge in [-0.3, -0.25) is 5.41 Å². The van der Waals surface area contributed by atoms with E-state index in [1.54, 1.807) is 18.2 Å². The molecule has 0 amide bonds. The second kappa shape index (κ2) is 4.65. The lowest BCUT2D eigenvalue weighted by Crippen LogP contribution is -2.40. The number of guanidine groups is 1. The van der Waals surface area contributed by atoms with E-state index in [2.05, 4.69) is 5.29 Å². The summed E-state index contributed by atoms with van der Waals surface area (Å²) in [5.74, 6) is -0.721. The van der Waals surface area contributed by atoms with E-state index in [-0.39, 0.29) is 5.69 Å². The van der Waals surface area contributed by atoms with E-state index in [4.69, 9.17) is 5.41 Å². The van der Waals surface area contributed by atoms with Crippen molar-refractivity contribution < 1.29 is 5.03 Å². The van der Waals surface area contributed by atoms with Gasteiger partial charge in [0.05, 0.1) is 11.0 Å². The van der Waals surface area contributed by atoms with Crippen LogP contribution in [0, 0.1) is 20.4 Å². The van der Waals surface area contributed by atoms with Gasteiger partial charge in [-0.1, -0.05) is 23.6 Å². The molecule has 15 heavy (non-hydrogen) atoms. The number of hydrazine groups is 1. The van der Waals surface area contributed by atoms with Gasteiger partial charge in [-0.25, -0.2) is 10.1 Å². The Balaban J connectivity index is 2.85. The molecule has 0 saturated heterocycles. The normalized spacial score (nSPS) is 9.07. The predicted molar refractivity (Wildman–Crippen MR) is 52.6 cm³/mol. The first-order valence-corrected chi connectivity index (χ1v) is 3.83. The second-order valence-corrected chi connectivity index (χ2v) is 2.45. The topological polar surface area (TPSA) is 112 Å². The first kappa shape index (κ1) is 10.6. The maximum Gasteiger partial charge on any atom is 0.281 e. The lowest BCUT2D eigenvalue weighted by molar-refractivity contribution is -0.525. The highest BCUT2D eigenvalue weighted by atomic mass is 16.7. The summed E-state index contributed by atoms with van der Waals surface area (Å²) in [7, 11) is 0. The molecule has 0 bridgehead atoms. The van der Waals surface area contributed by atoms with Crippen molar-refractivity contribution in [1.29, 1.82) is 5.41 Å². The first-order chi connectivity index (χ1) is 7.15. The molecule has 8 nitrogen and oxygen atoms in total. The highest BCUT2D eigenvalue weighted by molar-refractivity contribution is 5.92. The van der Waals surface area contributed by atoms with Crippen LogP contribution in [0.1, 0.15) is 0 Å². The fourth-order valence-corrected chi connectivity index (χ4v) is 0.920. The van der Waals surface area contributed by atoms with Crippen molar-refractivity contribution >= 4 is 11.6 Å². The highest BCUT2D eigenvalue weighted by Crippen LogP contribution is 2.12. The molecule has 0 aromatic heterocycles. The van der Waals surface area contributed by atoms with Crippen LogP contribution in [0.3, 0.4) is 0 Å². The molecule has 0 spiro atoms. The van der Waals surface area contributed by atoms with E-state index in [0.717, 1.165) is 0 Å². The number of benzene rings is 1. The number of nitroso groups, excluding NO2 is 1. The van der Waals surface area contributed by atoms with Crippen molar-refractivity contribution in [2.75, 3.05) is 5.01 Å². The summed E-state index contributed by atoms with van der Waals surface area (Å²) >= 11 is 0. The lowest BCUT2D eigenvalue weighted by Gasteiger charge is -2.12. The van der Waals surface area contributed by atoms with Crippen molar-refractivity contribution in [3.63, 3.8) is 0 Å². The minimum absolute atomic E-state index is 0.270. The summed E-state index contributed by atoms with van der Waals surface area (Å²) in [6.45, 7) is 0. The molecule has 0 fully saturated rings. The van der Waals surface area contributed by atoms with Crippen LogP contribution in [-0.4, -0.2) is 11.0 Å². The van der Waals surface area contributed by atoms with Gasteiger partial charge in [-0.15, -0.1) is 4.91 Å². The van der Waals surface area contributed by atoms with E-state index >= 15 is 0 Å². The standard InChI is InChI=1S/C7H7N5O3/c8-7(9-12(14)15)11(10-13)6-4-2-1-3-5-6/h1-5H,(H2,8,9). The third-order valence-electron chi connectivity index (χ3n) is 1.49. The Bertz CT molecular complexity index is 379. The van der Waals surface area contributed by atoms with Crippen LogP contribution >= 0.6 is 0 Å². The smallest absolute Gasteiger partial charge is 0.263 e. The monoisotopic (exact) mass is 209 g/mol. The van der Waals surface area contributed by atoms with Gasteiger partial charge in [0, 0.05) is 0 Å². The maximum atomic E-state index is 10.4. The second-order valence-electron chi connectivity index (χ2n) is 2.45. The fraction of sp³-hybridized carbons (Fsp3) is 0. The largest absolute Gasteiger partial charge is 0.281 e. The quantitative estimate of drug-likeness (QED) is 0.252. The van der Waals surface area contributed by atoms with E-state index in [1.807, 2.05) is 0 Å². The predicted octanol–water partition coefficient (Wildman–Crippen LogP) is 0.890. The number of para-hydroxylation sites is 1. The molecular formula is C7H7N5O3. The number of hydrogen-bond donors (Lipinski definition) is 2. The molecule has 1 aromatic rings. The Kier molecular flexibility index (Phi) is 3.28. The van der Waals surface area contributed by atoms with Crippen molar-refractivity contribution in [3.05, 3.63) is 45.4 Å². The third-order valence-corrected chi connectivity index (χ3v) is 1.49. The van der Waals surface area contributed by atoms with Crippen LogP contribution in [0.15, 0.2) is 35.6 Å². The Morgan fingerprint density at radius 1 is 1.47 bits per heavy atom. The highest BCUT2D eigenvalue weighted by Gasteiger charge is 2.16. The van der Waals surface area contributed by atoms with Gasteiger partial charge < -0.3 is 0 Å². The molecule has 0 heterocycles. The molecule has 1 rings (SSSR count). The molecule has 0 saturated carbocycles. The molecule has 1 aromatic carbocycles. The molecule has 0 unspecified atom stereocenters. The average Bonchev–Trinajstić information content (AvgIpc) is 2.19. The SMILES string of the molecule is N=C(N[N+](=O)[O-])N(N=O)c1ccccc1. The number of nitro groups is 1. The molecule has 0 atom stereocenters. The average molecular weight is 209 g/mol. The molecule has 0 aliphatic heterocycles. The molecule has 2 N–H and O–H groups in total. The zero-order valence-electron chi connectivity index (χ0n) is 7.45.